The lowest BCUT2D eigenvalue weighted by atomic mass is 9.55. The molecule has 0 spiro atoms. The molecule has 3 aliphatic rings. The van der Waals surface area contributed by atoms with Gasteiger partial charge >= 0.3 is 10.1 Å². The third-order valence-corrected chi connectivity index (χ3v) is 7.43. The quantitative estimate of drug-likeness (QED) is 0.478. The minimum atomic E-state index is -4.40. The molecule has 1 aromatic carbocycles. The smallest absolute Gasteiger partial charge is 0.335 e. The molecule has 2 fully saturated rings. The molecular weight excluding hydrogens is 352 g/mol. The van der Waals surface area contributed by atoms with Crippen molar-refractivity contribution in [2.24, 2.45) is 17.3 Å². The molecule has 2 saturated carbocycles. The highest BCUT2D eigenvalue weighted by Crippen LogP contribution is 2.61. The Morgan fingerprint density at radius 3 is 2.69 bits per heavy atom. The topological polar surface area (TPSA) is 94.8 Å². The van der Waals surface area contributed by atoms with E-state index in [2.05, 4.69) is 12.8 Å². The number of hydrogen-bond acceptors (Lipinski definition) is 4. The second kappa shape index (κ2) is 5.98. The van der Waals surface area contributed by atoms with Gasteiger partial charge in [0, 0.05) is 5.56 Å². The molecule has 26 heavy (non-hydrogen) atoms. The van der Waals surface area contributed by atoms with Gasteiger partial charge in [-0.15, -0.1) is 0 Å². The Balaban J connectivity index is 1.79. The summed E-state index contributed by atoms with van der Waals surface area (Å²) >= 11 is 0. The Bertz CT molecular complexity index is 910. The van der Waals surface area contributed by atoms with Crippen LogP contribution in [0.25, 0.3) is 0 Å². The number of fused-ring (bicyclic) bond motifs is 5. The number of hydrogen-bond donors (Lipinski definition) is 3. The fourth-order valence-electron chi connectivity index (χ4n) is 5.91. The van der Waals surface area contributed by atoms with Crippen LogP contribution >= 0.6 is 0 Å². The van der Waals surface area contributed by atoms with Crippen LogP contribution in [-0.4, -0.2) is 29.3 Å². The maximum absolute atomic E-state index is 11.1. The third kappa shape index (κ3) is 2.83. The standard InChI is InChI=1S/C20H24O5S/c1-20-8-6-16-15(17(20)4-5-18(20)22)3-2-12-10-14(21)11-13(19(12)16)7-9-26(23,24)25/h10-11,15-18,21-22H,2-6,8H2,1H3,(H,23,24,25)/t15-,16+,17+,18+,20+/m1/s1. The van der Waals surface area contributed by atoms with Gasteiger partial charge in [0.1, 0.15) is 5.75 Å². The number of aromatic hydroxyl groups is 1. The van der Waals surface area contributed by atoms with Crippen molar-refractivity contribution < 1.29 is 23.2 Å². The molecule has 3 N–H and O–H groups in total. The molecule has 6 heteroatoms. The van der Waals surface area contributed by atoms with Crippen LogP contribution in [0.5, 0.6) is 5.75 Å². The Kier molecular flexibility index (Phi) is 4.11. The van der Waals surface area contributed by atoms with Gasteiger partial charge in [-0.1, -0.05) is 6.92 Å². The summed E-state index contributed by atoms with van der Waals surface area (Å²) in [7, 11) is -4.40. The zero-order valence-electron chi connectivity index (χ0n) is 14.8. The van der Waals surface area contributed by atoms with Gasteiger partial charge in [0.05, 0.1) is 11.4 Å². The molecule has 5 nitrogen and oxygen atoms in total. The molecule has 1 aromatic rings. The molecule has 0 aromatic heterocycles. The minimum absolute atomic E-state index is 0.0319. The second-order valence-corrected chi connectivity index (χ2v) is 9.48. The van der Waals surface area contributed by atoms with Crippen molar-refractivity contribution >= 4 is 10.1 Å². The number of aliphatic hydroxyl groups excluding tert-OH is 1. The molecule has 5 atom stereocenters. The first-order valence-corrected chi connectivity index (χ1v) is 10.7. The first kappa shape index (κ1) is 17.8. The highest BCUT2D eigenvalue weighted by Gasteiger charge is 2.54. The van der Waals surface area contributed by atoms with E-state index in [1.54, 1.807) is 6.07 Å². The molecule has 0 heterocycles. The van der Waals surface area contributed by atoms with E-state index >= 15 is 0 Å². The molecule has 0 aliphatic heterocycles. The van der Waals surface area contributed by atoms with Crippen LogP contribution in [0.2, 0.25) is 0 Å². The largest absolute Gasteiger partial charge is 0.508 e. The number of phenols is 1. The summed E-state index contributed by atoms with van der Waals surface area (Å²) < 4.78 is 31.1. The molecular formula is C20H24O5S. The van der Waals surface area contributed by atoms with Crippen molar-refractivity contribution in [2.45, 2.75) is 57.5 Å². The molecule has 0 unspecified atom stereocenters. The van der Waals surface area contributed by atoms with Gasteiger partial charge in [-0.25, -0.2) is 0 Å². The molecule has 3 aliphatic carbocycles. The lowest BCUT2D eigenvalue weighted by Gasteiger charge is -2.50. The van der Waals surface area contributed by atoms with Gasteiger partial charge in [-0.2, -0.15) is 8.42 Å². The molecule has 0 amide bonds. The molecule has 0 bridgehead atoms. The zero-order chi connectivity index (χ0) is 18.7. The summed E-state index contributed by atoms with van der Waals surface area (Å²) in [4.78, 5) is 0. The molecule has 0 radical (unpaired) electrons. The van der Waals surface area contributed by atoms with E-state index in [9.17, 15) is 18.6 Å². The monoisotopic (exact) mass is 376 g/mol. The summed E-state index contributed by atoms with van der Waals surface area (Å²) in [5.74, 6) is 3.79. The van der Waals surface area contributed by atoms with Gasteiger partial charge < -0.3 is 10.2 Å². The molecule has 140 valence electrons. The maximum atomic E-state index is 11.1. The summed E-state index contributed by atoms with van der Waals surface area (Å²) in [6, 6.07) is 3.25. The van der Waals surface area contributed by atoms with Crippen molar-refractivity contribution in [3.05, 3.63) is 28.8 Å². The van der Waals surface area contributed by atoms with Gasteiger partial charge in [-0.3, -0.25) is 4.55 Å². The SMILES string of the molecule is C[C@]12CC[C@@H]3c4c(C#CS(=O)(=O)O)cc(O)cc4CC[C@H]3[C@@H]1CC[C@@H]2O. The Hall–Kier alpha value is -1.55. The number of phenolic OH excluding ortho intramolecular Hbond substituents is 1. The van der Waals surface area contributed by atoms with Crippen molar-refractivity contribution in [3.8, 4) is 16.9 Å². The van der Waals surface area contributed by atoms with Crippen LogP contribution < -0.4 is 0 Å². The minimum Gasteiger partial charge on any atom is -0.508 e. The van der Waals surface area contributed by atoms with E-state index in [4.69, 9.17) is 4.55 Å². The van der Waals surface area contributed by atoms with E-state index in [1.165, 1.54) is 6.07 Å². The molecule has 4 rings (SSSR count). The van der Waals surface area contributed by atoms with Crippen molar-refractivity contribution in [1.29, 1.82) is 0 Å². The van der Waals surface area contributed by atoms with Gasteiger partial charge in [0.2, 0.25) is 0 Å². The van der Waals surface area contributed by atoms with Crippen molar-refractivity contribution in [3.63, 3.8) is 0 Å². The first-order valence-electron chi connectivity index (χ1n) is 9.23. The van der Waals surface area contributed by atoms with Crippen molar-refractivity contribution in [2.75, 3.05) is 0 Å². The summed E-state index contributed by atoms with van der Waals surface area (Å²) in [6.07, 6.45) is 5.32. The van der Waals surface area contributed by atoms with Gasteiger partial charge in [-0.05, 0) is 90.9 Å². The lowest BCUT2D eigenvalue weighted by molar-refractivity contribution is -0.0226. The first-order chi connectivity index (χ1) is 12.2. The number of aryl methyl sites for hydroxylation is 1. The fourth-order valence-corrected chi connectivity index (χ4v) is 6.15. The van der Waals surface area contributed by atoms with Crippen LogP contribution in [0.4, 0.5) is 0 Å². The van der Waals surface area contributed by atoms with E-state index < -0.39 is 10.1 Å². The Morgan fingerprint density at radius 2 is 1.96 bits per heavy atom. The Labute approximate surface area is 154 Å². The summed E-state index contributed by atoms with van der Waals surface area (Å²) in [6.45, 7) is 2.21. The van der Waals surface area contributed by atoms with Crippen LogP contribution in [-0.2, 0) is 16.5 Å². The van der Waals surface area contributed by atoms with Crippen LogP contribution in [0.1, 0.15) is 61.6 Å². The van der Waals surface area contributed by atoms with Crippen LogP contribution in [0, 0.1) is 28.4 Å². The predicted molar refractivity (Wildman–Crippen MR) is 97.2 cm³/mol. The highest BCUT2D eigenvalue weighted by atomic mass is 32.2. The van der Waals surface area contributed by atoms with E-state index in [-0.39, 0.29) is 23.2 Å². The number of benzene rings is 1. The maximum Gasteiger partial charge on any atom is 0.335 e. The summed E-state index contributed by atoms with van der Waals surface area (Å²) in [5.41, 5.74) is 2.51. The fraction of sp³-hybridized carbons (Fsp3) is 0.600. The Morgan fingerprint density at radius 1 is 1.19 bits per heavy atom. The van der Waals surface area contributed by atoms with E-state index in [0.717, 1.165) is 49.7 Å². The van der Waals surface area contributed by atoms with E-state index in [0.29, 0.717) is 17.4 Å². The average Bonchev–Trinajstić information content (AvgIpc) is 2.87. The number of rotatable bonds is 0. The van der Waals surface area contributed by atoms with Crippen LogP contribution in [0.3, 0.4) is 0 Å². The van der Waals surface area contributed by atoms with Gasteiger partial charge in [0.25, 0.3) is 0 Å². The predicted octanol–water partition coefficient (Wildman–Crippen LogP) is 2.81. The van der Waals surface area contributed by atoms with E-state index in [1.807, 2.05) is 5.25 Å². The van der Waals surface area contributed by atoms with Gasteiger partial charge in [0.15, 0.2) is 0 Å². The summed E-state index contributed by atoms with van der Waals surface area (Å²) in [5, 5.41) is 22.4. The normalized spacial score (nSPS) is 35.7. The molecule has 0 saturated heterocycles. The third-order valence-electron chi connectivity index (χ3n) is 7.07. The number of aliphatic hydroxyl groups is 1. The zero-order valence-corrected chi connectivity index (χ0v) is 15.6. The second-order valence-electron chi connectivity index (χ2n) is 8.32. The van der Waals surface area contributed by atoms with Crippen molar-refractivity contribution in [1.82, 2.24) is 0 Å². The lowest BCUT2D eigenvalue weighted by Crippen LogP contribution is -2.44. The average molecular weight is 376 g/mol. The van der Waals surface area contributed by atoms with Crippen LogP contribution in [0.15, 0.2) is 12.1 Å². The highest BCUT2D eigenvalue weighted by molar-refractivity contribution is 7.90.